The molecule has 0 spiro atoms. The van der Waals surface area contributed by atoms with Gasteiger partial charge in [0.1, 0.15) is 6.54 Å². The molecule has 1 fully saturated rings. The maximum Gasteiger partial charge on any atom is 0.405 e. The van der Waals surface area contributed by atoms with Gasteiger partial charge in [-0.25, -0.2) is 0 Å². The van der Waals surface area contributed by atoms with E-state index in [0.717, 1.165) is 38.9 Å². The van der Waals surface area contributed by atoms with Crippen molar-refractivity contribution < 1.29 is 18.0 Å². The van der Waals surface area contributed by atoms with E-state index in [9.17, 15) is 18.0 Å². The Hall–Kier alpha value is -0.820. The molecule has 1 heterocycles. The van der Waals surface area contributed by atoms with Gasteiger partial charge < -0.3 is 10.6 Å². The van der Waals surface area contributed by atoms with E-state index in [4.69, 9.17) is 0 Å². The lowest BCUT2D eigenvalue weighted by atomic mass is 10.0. The summed E-state index contributed by atoms with van der Waals surface area (Å²) in [7, 11) is 0. The summed E-state index contributed by atoms with van der Waals surface area (Å²) < 4.78 is 36.0. The van der Waals surface area contributed by atoms with E-state index in [1.165, 1.54) is 0 Å². The van der Waals surface area contributed by atoms with Gasteiger partial charge in [0.25, 0.3) is 0 Å². The lowest BCUT2D eigenvalue weighted by molar-refractivity contribution is -0.139. The van der Waals surface area contributed by atoms with Crippen molar-refractivity contribution in [1.29, 1.82) is 0 Å². The molecule has 2 N–H and O–H groups in total. The van der Waals surface area contributed by atoms with E-state index < -0.39 is 18.6 Å². The summed E-state index contributed by atoms with van der Waals surface area (Å²) in [4.78, 5) is 13.5. The SMILES string of the molecule is CCNCC1CCCCN1CC(=O)NCC(F)(F)F. The fourth-order valence-electron chi connectivity index (χ4n) is 2.25. The number of likely N-dealkylation sites (N-methyl/N-ethyl adjacent to an activating group) is 1. The van der Waals surface area contributed by atoms with E-state index in [1.54, 1.807) is 0 Å². The third-order valence-corrected chi connectivity index (χ3v) is 3.21. The number of piperidine rings is 1. The second-order valence-corrected chi connectivity index (χ2v) is 4.82. The molecular weight excluding hydrogens is 259 g/mol. The number of carbonyl (C=O) groups is 1. The Morgan fingerprint density at radius 1 is 1.37 bits per heavy atom. The first-order valence-electron chi connectivity index (χ1n) is 6.70. The first kappa shape index (κ1) is 16.2. The Balaban J connectivity index is 2.36. The zero-order chi connectivity index (χ0) is 14.3. The molecule has 1 aliphatic rings. The van der Waals surface area contributed by atoms with Gasteiger partial charge in [-0.3, -0.25) is 9.69 Å². The topological polar surface area (TPSA) is 44.4 Å². The number of nitrogens with zero attached hydrogens (tertiary/aromatic N) is 1. The van der Waals surface area contributed by atoms with Crippen molar-refractivity contribution >= 4 is 5.91 Å². The Morgan fingerprint density at radius 3 is 2.74 bits per heavy atom. The largest absolute Gasteiger partial charge is 0.405 e. The van der Waals surface area contributed by atoms with Crippen molar-refractivity contribution in [2.45, 2.75) is 38.4 Å². The zero-order valence-electron chi connectivity index (χ0n) is 11.2. The lowest BCUT2D eigenvalue weighted by Crippen LogP contribution is -2.50. The van der Waals surface area contributed by atoms with Crippen LogP contribution in [0.2, 0.25) is 0 Å². The number of rotatable bonds is 6. The monoisotopic (exact) mass is 281 g/mol. The van der Waals surface area contributed by atoms with Gasteiger partial charge in [-0.2, -0.15) is 13.2 Å². The molecule has 0 bridgehead atoms. The second kappa shape index (κ2) is 7.69. The van der Waals surface area contributed by atoms with Crippen LogP contribution in [0, 0.1) is 0 Å². The minimum Gasteiger partial charge on any atom is -0.346 e. The van der Waals surface area contributed by atoms with Crippen LogP contribution in [0.25, 0.3) is 0 Å². The van der Waals surface area contributed by atoms with Crippen LogP contribution in [0.5, 0.6) is 0 Å². The molecule has 0 aromatic carbocycles. The van der Waals surface area contributed by atoms with Gasteiger partial charge >= 0.3 is 6.18 Å². The molecule has 1 saturated heterocycles. The first-order valence-corrected chi connectivity index (χ1v) is 6.70. The summed E-state index contributed by atoms with van der Waals surface area (Å²) in [6.45, 7) is 3.20. The zero-order valence-corrected chi connectivity index (χ0v) is 11.2. The molecule has 7 heteroatoms. The number of hydrogen-bond donors (Lipinski definition) is 2. The van der Waals surface area contributed by atoms with Gasteiger partial charge in [-0.1, -0.05) is 13.3 Å². The van der Waals surface area contributed by atoms with Gasteiger partial charge in [0.2, 0.25) is 5.91 Å². The molecule has 112 valence electrons. The minimum absolute atomic E-state index is 0.0478. The highest BCUT2D eigenvalue weighted by Crippen LogP contribution is 2.16. The fourth-order valence-corrected chi connectivity index (χ4v) is 2.25. The van der Waals surface area contributed by atoms with Crippen molar-refractivity contribution in [3.05, 3.63) is 0 Å². The molecule has 19 heavy (non-hydrogen) atoms. The van der Waals surface area contributed by atoms with Crippen molar-refractivity contribution in [3.63, 3.8) is 0 Å². The Morgan fingerprint density at radius 2 is 2.11 bits per heavy atom. The third-order valence-electron chi connectivity index (χ3n) is 3.21. The van der Waals surface area contributed by atoms with Crippen LogP contribution in [0.1, 0.15) is 26.2 Å². The molecule has 1 rings (SSSR count). The molecule has 0 aromatic rings. The molecular formula is C12H22F3N3O. The number of alkyl halides is 3. The number of likely N-dealkylation sites (tertiary alicyclic amines) is 1. The standard InChI is InChI=1S/C12H22F3N3O/c1-2-16-7-10-5-3-4-6-18(10)8-11(19)17-9-12(13,14)15/h10,16H,2-9H2,1H3,(H,17,19). The number of amides is 1. The second-order valence-electron chi connectivity index (χ2n) is 4.82. The van der Waals surface area contributed by atoms with E-state index in [1.807, 2.05) is 17.1 Å². The average molecular weight is 281 g/mol. The highest BCUT2D eigenvalue weighted by Gasteiger charge is 2.29. The quantitative estimate of drug-likeness (QED) is 0.767. The maximum absolute atomic E-state index is 12.0. The lowest BCUT2D eigenvalue weighted by Gasteiger charge is -2.35. The predicted octanol–water partition coefficient (Wildman–Crippen LogP) is 1.13. The summed E-state index contributed by atoms with van der Waals surface area (Å²) in [5, 5.41) is 5.14. The summed E-state index contributed by atoms with van der Waals surface area (Å²) in [5.74, 6) is -0.555. The van der Waals surface area contributed by atoms with E-state index in [-0.39, 0.29) is 12.6 Å². The van der Waals surface area contributed by atoms with Crippen molar-refractivity contribution in [3.8, 4) is 0 Å². The van der Waals surface area contributed by atoms with Gasteiger partial charge in [0.05, 0.1) is 6.54 Å². The van der Waals surface area contributed by atoms with Crippen molar-refractivity contribution in [2.24, 2.45) is 0 Å². The molecule has 0 aliphatic carbocycles. The molecule has 1 amide bonds. The molecule has 1 atom stereocenters. The Labute approximate surface area is 111 Å². The van der Waals surface area contributed by atoms with Crippen LogP contribution in [0.3, 0.4) is 0 Å². The summed E-state index contributed by atoms with van der Waals surface area (Å²) in [5.41, 5.74) is 0. The molecule has 1 aliphatic heterocycles. The molecule has 0 aromatic heterocycles. The number of carbonyl (C=O) groups excluding carboxylic acids is 1. The minimum atomic E-state index is -4.35. The molecule has 0 saturated carbocycles. The Bertz CT molecular complexity index is 284. The molecule has 4 nitrogen and oxygen atoms in total. The average Bonchev–Trinajstić information content (AvgIpc) is 2.34. The highest BCUT2D eigenvalue weighted by atomic mass is 19.4. The normalized spacial score (nSPS) is 21.4. The number of halogens is 3. The first-order chi connectivity index (χ1) is 8.92. The van der Waals surface area contributed by atoms with Crippen LogP contribution < -0.4 is 10.6 Å². The van der Waals surface area contributed by atoms with E-state index in [2.05, 4.69) is 5.32 Å². The van der Waals surface area contributed by atoms with Gasteiger partial charge in [-0.15, -0.1) is 0 Å². The third kappa shape index (κ3) is 6.77. The predicted molar refractivity (Wildman–Crippen MR) is 66.8 cm³/mol. The maximum atomic E-state index is 12.0. The van der Waals surface area contributed by atoms with E-state index in [0.29, 0.717) is 0 Å². The highest BCUT2D eigenvalue weighted by molar-refractivity contribution is 5.78. The summed E-state index contributed by atoms with van der Waals surface area (Å²) in [6.07, 6.45) is -1.26. The summed E-state index contributed by atoms with van der Waals surface area (Å²) >= 11 is 0. The van der Waals surface area contributed by atoms with Crippen LogP contribution >= 0.6 is 0 Å². The van der Waals surface area contributed by atoms with Crippen molar-refractivity contribution in [2.75, 3.05) is 32.7 Å². The smallest absolute Gasteiger partial charge is 0.346 e. The van der Waals surface area contributed by atoms with Crippen LogP contribution in [0.4, 0.5) is 13.2 Å². The number of nitrogens with one attached hydrogen (secondary N) is 2. The van der Waals surface area contributed by atoms with Gasteiger partial charge in [0, 0.05) is 12.6 Å². The summed E-state index contributed by atoms with van der Waals surface area (Å²) in [6, 6.07) is 0.241. The van der Waals surface area contributed by atoms with Gasteiger partial charge in [-0.05, 0) is 25.9 Å². The molecule has 1 unspecified atom stereocenters. The van der Waals surface area contributed by atoms with Crippen LogP contribution in [0.15, 0.2) is 0 Å². The van der Waals surface area contributed by atoms with E-state index >= 15 is 0 Å². The van der Waals surface area contributed by atoms with Crippen LogP contribution in [-0.4, -0.2) is 55.7 Å². The van der Waals surface area contributed by atoms with Crippen molar-refractivity contribution in [1.82, 2.24) is 15.5 Å². The Kier molecular flexibility index (Phi) is 6.57. The number of hydrogen-bond acceptors (Lipinski definition) is 3. The molecule has 0 radical (unpaired) electrons. The fraction of sp³-hybridized carbons (Fsp3) is 0.917. The van der Waals surface area contributed by atoms with Crippen LogP contribution in [-0.2, 0) is 4.79 Å². The van der Waals surface area contributed by atoms with Gasteiger partial charge in [0.15, 0.2) is 0 Å².